The van der Waals surface area contributed by atoms with Crippen LogP contribution < -0.4 is 5.32 Å². The standard InChI is InChI=1S/C11H21NO4/c1-8(9(13)14)6-5-7-12-10(15)16-11(2,3)4/h8H,5-7H2,1-4H3,(H,12,15)(H,13,14)/t8-/m0/s1. The molecule has 0 rings (SSSR count). The molecule has 5 nitrogen and oxygen atoms in total. The number of ether oxygens (including phenoxy) is 1. The molecule has 0 bridgehead atoms. The molecule has 0 spiro atoms. The molecule has 1 atom stereocenters. The van der Waals surface area contributed by atoms with Crippen LogP contribution in [0.2, 0.25) is 0 Å². The van der Waals surface area contributed by atoms with Gasteiger partial charge >= 0.3 is 12.1 Å². The van der Waals surface area contributed by atoms with Crippen LogP contribution in [0.1, 0.15) is 40.5 Å². The lowest BCUT2D eigenvalue weighted by atomic mass is 10.1. The Morgan fingerprint density at radius 2 is 1.94 bits per heavy atom. The normalized spacial score (nSPS) is 13.0. The third-order valence-corrected chi connectivity index (χ3v) is 1.90. The summed E-state index contributed by atoms with van der Waals surface area (Å²) in [6.07, 6.45) is 0.716. The molecule has 1 amide bonds. The quantitative estimate of drug-likeness (QED) is 0.710. The summed E-state index contributed by atoms with van der Waals surface area (Å²) in [5, 5.41) is 11.2. The van der Waals surface area contributed by atoms with Gasteiger partial charge in [0.05, 0.1) is 5.92 Å². The SMILES string of the molecule is C[C@@H](CCCNC(=O)OC(C)(C)C)C(=O)O. The Balaban J connectivity index is 3.60. The Morgan fingerprint density at radius 3 is 2.38 bits per heavy atom. The van der Waals surface area contributed by atoms with Crippen molar-refractivity contribution in [1.29, 1.82) is 0 Å². The van der Waals surface area contributed by atoms with Crippen molar-refractivity contribution in [1.82, 2.24) is 5.32 Å². The van der Waals surface area contributed by atoms with Crippen molar-refractivity contribution in [2.45, 2.75) is 46.1 Å². The zero-order valence-electron chi connectivity index (χ0n) is 10.4. The topological polar surface area (TPSA) is 75.6 Å². The number of alkyl carbamates (subject to hydrolysis) is 1. The third-order valence-electron chi connectivity index (χ3n) is 1.90. The molecule has 0 aromatic heterocycles. The lowest BCUT2D eigenvalue weighted by Gasteiger charge is -2.19. The van der Waals surface area contributed by atoms with Crippen LogP contribution in [-0.2, 0) is 9.53 Å². The summed E-state index contributed by atoms with van der Waals surface area (Å²) in [4.78, 5) is 21.7. The van der Waals surface area contributed by atoms with Gasteiger partial charge in [0.2, 0.25) is 0 Å². The minimum atomic E-state index is -0.808. The molecule has 0 aromatic carbocycles. The van der Waals surface area contributed by atoms with Gasteiger partial charge in [0, 0.05) is 6.54 Å². The number of amides is 1. The third kappa shape index (κ3) is 8.08. The van der Waals surface area contributed by atoms with E-state index in [-0.39, 0.29) is 5.92 Å². The second-order valence-corrected chi connectivity index (χ2v) is 4.81. The maximum Gasteiger partial charge on any atom is 0.407 e. The highest BCUT2D eigenvalue weighted by molar-refractivity contribution is 5.69. The average Bonchev–Trinajstić information content (AvgIpc) is 2.08. The molecule has 0 fully saturated rings. The number of carboxylic acids is 1. The van der Waals surface area contributed by atoms with Crippen molar-refractivity contribution in [2.24, 2.45) is 5.92 Å². The minimum absolute atomic E-state index is 0.375. The number of hydrogen-bond donors (Lipinski definition) is 2. The summed E-state index contributed by atoms with van der Waals surface area (Å²) < 4.78 is 5.03. The first kappa shape index (κ1) is 14.7. The lowest BCUT2D eigenvalue weighted by molar-refractivity contribution is -0.141. The Labute approximate surface area is 96.2 Å². The van der Waals surface area contributed by atoms with Gasteiger partial charge in [-0.25, -0.2) is 4.79 Å². The van der Waals surface area contributed by atoms with Gasteiger partial charge < -0.3 is 15.2 Å². The van der Waals surface area contributed by atoms with Crippen molar-refractivity contribution in [3.8, 4) is 0 Å². The number of rotatable bonds is 5. The first-order valence-electron chi connectivity index (χ1n) is 5.42. The van der Waals surface area contributed by atoms with Gasteiger partial charge in [-0.15, -0.1) is 0 Å². The van der Waals surface area contributed by atoms with Gasteiger partial charge in [-0.2, -0.15) is 0 Å². The van der Waals surface area contributed by atoms with Crippen LogP contribution >= 0.6 is 0 Å². The monoisotopic (exact) mass is 231 g/mol. The molecule has 5 heteroatoms. The van der Waals surface area contributed by atoms with Gasteiger partial charge in [-0.3, -0.25) is 4.79 Å². The van der Waals surface area contributed by atoms with E-state index in [0.29, 0.717) is 19.4 Å². The molecule has 0 saturated heterocycles. The molecular formula is C11H21NO4. The second kappa shape index (κ2) is 6.35. The maximum atomic E-state index is 11.2. The smallest absolute Gasteiger partial charge is 0.407 e. The number of hydrogen-bond acceptors (Lipinski definition) is 3. The molecule has 0 aliphatic rings. The fourth-order valence-electron chi connectivity index (χ4n) is 1.04. The van der Waals surface area contributed by atoms with E-state index < -0.39 is 17.7 Å². The largest absolute Gasteiger partial charge is 0.481 e. The molecule has 0 aliphatic heterocycles. The zero-order valence-corrected chi connectivity index (χ0v) is 10.4. The van der Waals surface area contributed by atoms with E-state index in [1.807, 2.05) is 0 Å². The Hall–Kier alpha value is -1.26. The predicted octanol–water partition coefficient (Wildman–Crippen LogP) is 2.01. The molecule has 0 aromatic rings. The van der Waals surface area contributed by atoms with E-state index in [9.17, 15) is 9.59 Å². The Morgan fingerprint density at radius 1 is 1.38 bits per heavy atom. The van der Waals surface area contributed by atoms with E-state index in [4.69, 9.17) is 9.84 Å². The molecule has 0 unspecified atom stereocenters. The molecule has 94 valence electrons. The van der Waals surface area contributed by atoms with E-state index in [0.717, 1.165) is 0 Å². The fraction of sp³-hybridized carbons (Fsp3) is 0.818. The van der Waals surface area contributed by atoms with E-state index in [2.05, 4.69) is 5.32 Å². The van der Waals surface area contributed by atoms with Gasteiger partial charge in [-0.1, -0.05) is 6.92 Å². The van der Waals surface area contributed by atoms with E-state index in [1.165, 1.54) is 0 Å². The number of carbonyl (C=O) groups is 2. The summed E-state index contributed by atoms with van der Waals surface area (Å²) in [5.74, 6) is -1.18. The highest BCUT2D eigenvalue weighted by atomic mass is 16.6. The van der Waals surface area contributed by atoms with Crippen LogP contribution in [0.15, 0.2) is 0 Å². The molecular weight excluding hydrogens is 210 g/mol. The zero-order chi connectivity index (χ0) is 12.8. The molecule has 0 aliphatic carbocycles. The van der Waals surface area contributed by atoms with Crippen molar-refractivity contribution < 1.29 is 19.4 Å². The van der Waals surface area contributed by atoms with Crippen molar-refractivity contribution in [3.63, 3.8) is 0 Å². The number of carbonyl (C=O) groups excluding carboxylic acids is 1. The maximum absolute atomic E-state index is 11.2. The number of nitrogens with one attached hydrogen (secondary N) is 1. The first-order valence-corrected chi connectivity index (χ1v) is 5.42. The second-order valence-electron chi connectivity index (χ2n) is 4.81. The highest BCUT2D eigenvalue weighted by Gasteiger charge is 2.15. The minimum Gasteiger partial charge on any atom is -0.481 e. The highest BCUT2D eigenvalue weighted by Crippen LogP contribution is 2.07. The van der Waals surface area contributed by atoms with Crippen LogP contribution in [0.3, 0.4) is 0 Å². The van der Waals surface area contributed by atoms with Crippen LogP contribution in [0.5, 0.6) is 0 Å². The van der Waals surface area contributed by atoms with Crippen LogP contribution in [0.25, 0.3) is 0 Å². The Bertz CT molecular complexity index is 245. The summed E-state index contributed by atoms with van der Waals surface area (Å²) in [7, 11) is 0. The van der Waals surface area contributed by atoms with Gasteiger partial charge in [0.1, 0.15) is 5.60 Å². The van der Waals surface area contributed by atoms with Gasteiger partial charge in [-0.05, 0) is 33.6 Å². The van der Waals surface area contributed by atoms with E-state index in [1.54, 1.807) is 27.7 Å². The van der Waals surface area contributed by atoms with Gasteiger partial charge in [0.25, 0.3) is 0 Å². The molecule has 16 heavy (non-hydrogen) atoms. The van der Waals surface area contributed by atoms with Crippen LogP contribution in [0.4, 0.5) is 4.79 Å². The molecule has 2 N–H and O–H groups in total. The van der Waals surface area contributed by atoms with Gasteiger partial charge in [0.15, 0.2) is 0 Å². The predicted molar refractivity (Wildman–Crippen MR) is 60.3 cm³/mol. The molecule has 0 saturated carbocycles. The summed E-state index contributed by atoms with van der Waals surface area (Å²) in [5.41, 5.74) is -0.502. The number of carboxylic acid groups (broad SMARTS) is 1. The van der Waals surface area contributed by atoms with Crippen molar-refractivity contribution >= 4 is 12.1 Å². The fourth-order valence-corrected chi connectivity index (χ4v) is 1.04. The van der Waals surface area contributed by atoms with E-state index >= 15 is 0 Å². The molecule has 0 heterocycles. The van der Waals surface area contributed by atoms with Crippen molar-refractivity contribution in [2.75, 3.05) is 6.54 Å². The first-order chi connectivity index (χ1) is 7.22. The molecule has 0 radical (unpaired) electrons. The van der Waals surface area contributed by atoms with Crippen molar-refractivity contribution in [3.05, 3.63) is 0 Å². The Kier molecular flexibility index (Phi) is 5.85. The summed E-state index contributed by atoms with van der Waals surface area (Å²) >= 11 is 0. The van der Waals surface area contributed by atoms with Crippen LogP contribution in [0, 0.1) is 5.92 Å². The lowest BCUT2D eigenvalue weighted by Crippen LogP contribution is -2.33. The summed E-state index contributed by atoms with van der Waals surface area (Å²) in [6, 6.07) is 0. The summed E-state index contributed by atoms with van der Waals surface area (Å²) in [6.45, 7) is 7.46. The van der Waals surface area contributed by atoms with Crippen LogP contribution in [-0.4, -0.2) is 29.3 Å². The number of aliphatic carboxylic acids is 1. The average molecular weight is 231 g/mol.